The van der Waals surface area contributed by atoms with Crippen molar-refractivity contribution in [2.24, 2.45) is 5.73 Å². The quantitative estimate of drug-likeness (QED) is 0.924. The van der Waals surface area contributed by atoms with Crippen LogP contribution in [0, 0.1) is 0 Å². The molecule has 0 aliphatic carbocycles. The van der Waals surface area contributed by atoms with Crippen LogP contribution in [-0.2, 0) is 4.74 Å². The van der Waals surface area contributed by atoms with Crippen LogP contribution in [0.4, 0.5) is 0 Å². The van der Waals surface area contributed by atoms with E-state index in [1.54, 1.807) is 7.11 Å². The first-order valence-corrected chi connectivity index (χ1v) is 7.45. The molecule has 4 heteroatoms. The Morgan fingerprint density at radius 2 is 1.90 bits per heavy atom. The van der Waals surface area contributed by atoms with Crippen molar-refractivity contribution in [1.82, 2.24) is 0 Å². The van der Waals surface area contributed by atoms with Gasteiger partial charge in [0.15, 0.2) is 11.5 Å². The molecule has 2 unspecified atom stereocenters. The lowest BCUT2D eigenvalue weighted by atomic mass is 9.97. The van der Waals surface area contributed by atoms with E-state index in [4.69, 9.17) is 19.9 Å². The summed E-state index contributed by atoms with van der Waals surface area (Å²) in [7, 11) is 1.65. The van der Waals surface area contributed by atoms with E-state index >= 15 is 0 Å². The van der Waals surface area contributed by atoms with Gasteiger partial charge >= 0.3 is 0 Å². The third kappa shape index (κ3) is 3.50. The van der Waals surface area contributed by atoms with Crippen molar-refractivity contribution in [2.45, 2.75) is 64.4 Å². The molecule has 2 rings (SSSR count). The van der Waals surface area contributed by atoms with E-state index in [-0.39, 0.29) is 23.3 Å². The summed E-state index contributed by atoms with van der Waals surface area (Å²) in [4.78, 5) is 0. The smallest absolute Gasteiger partial charge is 0.161 e. The largest absolute Gasteiger partial charge is 0.493 e. The highest BCUT2D eigenvalue weighted by atomic mass is 16.6. The first-order chi connectivity index (χ1) is 9.64. The highest BCUT2D eigenvalue weighted by molar-refractivity contribution is 5.44. The summed E-state index contributed by atoms with van der Waals surface area (Å²) in [5.74, 6) is 1.45. The average molecular weight is 293 g/mol. The third-order valence-corrected chi connectivity index (χ3v) is 3.97. The molecule has 0 spiro atoms. The summed E-state index contributed by atoms with van der Waals surface area (Å²) < 4.78 is 17.7. The van der Waals surface area contributed by atoms with Crippen LogP contribution in [0.2, 0.25) is 0 Å². The maximum Gasteiger partial charge on any atom is 0.161 e. The van der Waals surface area contributed by atoms with Crippen molar-refractivity contribution in [3.05, 3.63) is 23.8 Å². The summed E-state index contributed by atoms with van der Waals surface area (Å²) in [6.07, 6.45) is 0.834. The maximum atomic E-state index is 6.19. The molecule has 2 atom stereocenters. The summed E-state index contributed by atoms with van der Waals surface area (Å²) in [5.41, 5.74) is 6.44. The Morgan fingerprint density at radius 3 is 2.38 bits per heavy atom. The van der Waals surface area contributed by atoms with Crippen LogP contribution in [0.15, 0.2) is 18.2 Å². The Hall–Kier alpha value is -1.26. The van der Waals surface area contributed by atoms with Crippen molar-refractivity contribution in [1.29, 1.82) is 0 Å². The summed E-state index contributed by atoms with van der Waals surface area (Å²) >= 11 is 0. The minimum Gasteiger partial charge on any atom is -0.493 e. The molecule has 2 N–H and O–H groups in total. The predicted octanol–water partition coefficient (Wildman–Crippen LogP) is 3.44. The number of ether oxygens (including phenoxy) is 3. The van der Waals surface area contributed by atoms with Crippen molar-refractivity contribution in [3.63, 3.8) is 0 Å². The molecule has 1 aromatic rings. The SMILES string of the molecule is COc1cc(C(C)N)ccc1OC1CC(C)(C)OC1(C)C. The molecule has 118 valence electrons. The van der Waals surface area contributed by atoms with Crippen molar-refractivity contribution in [2.75, 3.05) is 7.11 Å². The minimum absolute atomic E-state index is 0.0115. The van der Waals surface area contributed by atoms with Gasteiger partial charge in [0.25, 0.3) is 0 Å². The van der Waals surface area contributed by atoms with Gasteiger partial charge in [0.05, 0.1) is 12.7 Å². The van der Waals surface area contributed by atoms with Gasteiger partial charge in [0, 0.05) is 12.5 Å². The number of rotatable bonds is 4. The number of nitrogens with two attached hydrogens (primary N) is 1. The second-order valence-corrected chi connectivity index (χ2v) is 6.97. The van der Waals surface area contributed by atoms with Gasteiger partial charge in [-0.1, -0.05) is 6.07 Å². The molecule has 0 amide bonds. The Morgan fingerprint density at radius 1 is 1.24 bits per heavy atom. The van der Waals surface area contributed by atoms with Crippen molar-refractivity contribution in [3.8, 4) is 11.5 Å². The van der Waals surface area contributed by atoms with Gasteiger partial charge in [-0.2, -0.15) is 0 Å². The predicted molar refractivity (Wildman–Crippen MR) is 83.9 cm³/mol. The molecule has 0 radical (unpaired) electrons. The zero-order valence-corrected chi connectivity index (χ0v) is 13.9. The molecule has 1 aliphatic rings. The van der Waals surface area contributed by atoms with E-state index in [2.05, 4.69) is 27.7 Å². The Kier molecular flexibility index (Phi) is 4.22. The highest BCUT2D eigenvalue weighted by Crippen LogP contribution is 2.41. The topological polar surface area (TPSA) is 53.7 Å². The maximum absolute atomic E-state index is 6.19. The Labute approximate surface area is 127 Å². The van der Waals surface area contributed by atoms with Crippen LogP contribution < -0.4 is 15.2 Å². The summed E-state index contributed by atoms with van der Waals surface area (Å²) in [6, 6.07) is 5.82. The van der Waals surface area contributed by atoms with Crippen molar-refractivity contribution >= 4 is 0 Å². The first-order valence-electron chi connectivity index (χ1n) is 7.45. The van der Waals surface area contributed by atoms with Gasteiger partial charge in [-0.15, -0.1) is 0 Å². The summed E-state index contributed by atoms with van der Waals surface area (Å²) in [5, 5.41) is 0. The average Bonchev–Trinajstić information content (AvgIpc) is 2.57. The first kappa shape index (κ1) is 16.1. The van der Waals surface area contributed by atoms with Gasteiger partial charge in [-0.3, -0.25) is 0 Å². The monoisotopic (exact) mass is 293 g/mol. The van der Waals surface area contributed by atoms with Crippen LogP contribution in [-0.4, -0.2) is 24.4 Å². The van der Waals surface area contributed by atoms with Crippen LogP contribution in [0.5, 0.6) is 11.5 Å². The normalized spacial score (nSPS) is 24.6. The van der Waals surface area contributed by atoms with E-state index in [1.165, 1.54) is 0 Å². The molecule has 0 saturated carbocycles. The lowest BCUT2D eigenvalue weighted by Crippen LogP contribution is -2.36. The van der Waals surface area contributed by atoms with Crippen LogP contribution in [0.1, 0.15) is 52.6 Å². The molecular formula is C17H27NO3. The third-order valence-electron chi connectivity index (χ3n) is 3.97. The molecule has 1 aromatic carbocycles. The van der Waals surface area contributed by atoms with E-state index in [1.807, 2.05) is 25.1 Å². The number of hydrogen-bond acceptors (Lipinski definition) is 4. The summed E-state index contributed by atoms with van der Waals surface area (Å²) in [6.45, 7) is 10.3. The molecular weight excluding hydrogens is 266 g/mol. The molecule has 1 saturated heterocycles. The zero-order valence-electron chi connectivity index (χ0n) is 13.9. The van der Waals surface area contributed by atoms with Gasteiger partial charge in [0.1, 0.15) is 11.7 Å². The van der Waals surface area contributed by atoms with Crippen LogP contribution in [0.25, 0.3) is 0 Å². The molecule has 0 bridgehead atoms. The van der Waals surface area contributed by atoms with Gasteiger partial charge in [-0.05, 0) is 52.3 Å². The van der Waals surface area contributed by atoms with E-state index in [0.29, 0.717) is 5.75 Å². The van der Waals surface area contributed by atoms with Gasteiger partial charge in [0.2, 0.25) is 0 Å². The molecule has 1 fully saturated rings. The van der Waals surface area contributed by atoms with Crippen LogP contribution >= 0.6 is 0 Å². The number of benzene rings is 1. The van der Waals surface area contributed by atoms with E-state index in [0.717, 1.165) is 17.7 Å². The second kappa shape index (κ2) is 5.50. The Balaban J connectivity index is 2.24. The van der Waals surface area contributed by atoms with E-state index < -0.39 is 0 Å². The highest BCUT2D eigenvalue weighted by Gasteiger charge is 2.47. The minimum atomic E-state index is -0.325. The fourth-order valence-corrected chi connectivity index (χ4v) is 2.91. The fraction of sp³-hybridized carbons (Fsp3) is 0.647. The zero-order chi connectivity index (χ0) is 15.8. The van der Waals surface area contributed by atoms with Gasteiger partial charge < -0.3 is 19.9 Å². The lowest BCUT2D eigenvalue weighted by molar-refractivity contribution is -0.0847. The molecule has 0 aromatic heterocycles. The van der Waals surface area contributed by atoms with Gasteiger partial charge in [-0.25, -0.2) is 0 Å². The Bertz CT molecular complexity index is 509. The number of hydrogen-bond donors (Lipinski definition) is 1. The van der Waals surface area contributed by atoms with Crippen molar-refractivity contribution < 1.29 is 14.2 Å². The lowest BCUT2D eigenvalue weighted by Gasteiger charge is -2.28. The fourth-order valence-electron chi connectivity index (χ4n) is 2.91. The number of methoxy groups -OCH3 is 1. The van der Waals surface area contributed by atoms with E-state index in [9.17, 15) is 0 Å². The molecule has 1 aliphatic heterocycles. The standard InChI is InChI=1S/C17H27NO3/c1-11(18)12-7-8-13(14(9-12)19-6)20-15-10-16(2,3)21-17(15,4)5/h7-9,11,15H,10,18H2,1-6H3. The molecule has 4 nitrogen and oxygen atoms in total. The second-order valence-electron chi connectivity index (χ2n) is 6.97. The van der Waals surface area contributed by atoms with Crippen LogP contribution in [0.3, 0.4) is 0 Å². The molecule has 1 heterocycles. The molecule has 21 heavy (non-hydrogen) atoms.